The van der Waals surface area contributed by atoms with Gasteiger partial charge < -0.3 is 24.4 Å². The monoisotopic (exact) mass is 342 g/mol. The summed E-state index contributed by atoms with van der Waals surface area (Å²) in [5.41, 5.74) is 0. The van der Waals surface area contributed by atoms with Crippen molar-refractivity contribution in [3.8, 4) is 0 Å². The van der Waals surface area contributed by atoms with Crippen molar-refractivity contribution >= 4 is 17.9 Å². The summed E-state index contributed by atoms with van der Waals surface area (Å²) in [6.07, 6.45) is 0.269. The van der Waals surface area contributed by atoms with E-state index in [4.69, 9.17) is 14.2 Å². The predicted molar refractivity (Wildman–Crippen MR) is 81.6 cm³/mol. The van der Waals surface area contributed by atoms with E-state index in [1.54, 1.807) is 6.08 Å². The molecule has 0 radical (unpaired) electrons. The molecule has 0 spiro atoms. The highest BCUT2D eigenvalue weighted by Gasteiger charge is 2.29. The first kappa shape index (κ1) is 19.9. The fourth-order valence-electron chi connectivity index (χ4n) is 2.11. The van der Waals surface area contributed by atoms with Crippen LogP contribution in [0.2, 0.25) is 0 Å². The van der Waals surface area contributed by atoms with E-state index in [1.807, 2.05) is 0 Å². The molecule has 0 bridgehead atoms. The molecule has 1 aliphatic rings. The van der Waals surface area contributed by atoms with Gasteiger partial charge in [0.05, 0.1) is 0 Å². The number of carbonyl (C=O) groups excluding carboxylic acids is 3. The molecular weight excluding hydrogens is 320 g/mol. The number of cyclic esters (lactones) is 1. The maximum absolute atomic E-state index is 11.2. The highest BCUT2D eigenvalue weighted by molar-refractivity contribution is 5.82. The van der Waals surface area contributed by atoms with E-state index in [0.29, 0.717) is 0 Å². The Hall–Kier alpha value is -2.19. The Morgan fingerprint density at radius 2 is 1.88 bits per heavy atom. The Morgan fingerprint density at radius 1 is 1.25 bits per heavy atom. The molecule has 0 saturated carbocycles. The van der Waals surface area contributed by atoms with E-state index in [2.05, 4.69) is 0 Å². The van der Waals surface area contributed by atoms with E-state index >= 15 is 0 Å². The maximum atomic E-state index is 11.2. The third kappa shape index (κ3) is 6.51. The molecule has 5 atom stereocenters. The second kappa shape index (κ2) is 9.19. The van der Waals surface area contributed by atoms with Gasteiger partial charge in [0.15, 0.2) is 6.10 Å². The van der Waals surface area contributed by atoms with Crippen molar-refractivity contribution in [1.29, 1.82) is 0 Å². The molecule has 2 N–H and O–H groups in total. The molecule has 134 valence electrons. The van der Waals surface area contributed by atoms with Crippen LogP contribution in [0.4, 0.5) is 0 Å². The second-order valence-corrected chi connectivity index (χ2v) is 5.37. The molecule has 0 aromatic heterocycles. The van der Waals surface area contributed by atoms with Gasteiger partial charge in [0.25, 0.3) is 0 Å². The van der Waals surface area contributed by atoms with E-state index in [0.717, 1.165) is 0 Å². The Morgan fingerprint density at radius 3 is 2.42 bits per heavy atom. The maximum Gasteiger partial charge on any atom is 0.330 e. The Balaban J connectivity index is 2.72. The van der Waals surface area contributed by atoms with Crippen LogP contribution in [0.5, 0.6) is 0 Å². The summed E-state index contributed by atoms with van der Waals surface area (Å²) in [6.45, 7) is 3.94. The quantitative estimate of drug-likeness (QED) is 0.377. The first-order valence-corrected chi connectivity index (χ1v) is 7.46. The van der Waals surface area contributed by atoms with Gasteiger partial charge in [-0.2, -0.15) is 0 Å². The SMILES string of the molecule is CC(=O)O[C@@H](/C=C/[C@@H](O)[C@@H](O)[C@@H]1CC=CC(=O)O1)[C@@H](C)OC(C)=O. The molecule has 0 aliphatic carbocycles. The van der Waals surface area contributed by atoms with Gasteiger partial charge in [-0.1, -0.05) is 12.2 Å². The fraction of sp³-hybridized carbons (Fsp3) is 0.562. The lowest BCUT2D eigenvalue weighted by Gasteiger charge is -2.26. The largest absolute Gasteiger partial charge is 0.459 e. The third-order valence-electron chi connectivity index (χ3n) is 3.24. The number of hydrogen-bond donors (Lipinski definition) is 2. The van der Waals surface area contributed by atoms with Gasteiger partial charge in [-0.15, -0.1) is 0 Å². The van der Waals surface area contributed by atoms with Gasteiger partial charge in [-0.3, -0.25) is 9.59 Å². The fourth-order valence-corrected chi connectivity index (χ4v) is 2.11. The van der Waals surface area contributed by atoms with Gasteiger partial charge in [-0.05, 0) is 13.0 Å². The molecule has 0 aromatic rings. The summed E-state index contributed by atoms with van der Waals surface area (Å²) in [4.78, 5) is 33.3. The topological polar surface area (TPSA) is 119 Å². The molecule has 0 fully saturated rings. The van der Waals surface area contributed by atoms with Crippen LogP contribution in [0, 0.1) is 0 Å². The van der Waals surface area contributed by atoms with Gasteiger partial charge in [0, 0.05) is 26.3 Å². The highest BCUT2D eigenvalue weighted by Crippen LogP contribution is 2.16. The number of aliphatic hydroxyl groups is 2. The van der Waals surface area contributed by atoms with E-state index < -0.39 is 48.4 Å². The van der Waals surface area contributed by atoms with Crippen LogP contribution in [-0.4, -0.2) is 58.6 Å². The van der Waals surface area contributed by atoms with E-state index in [9.17, 15) is 24.6 Å². The molecule has 1 rings (SSSR count). The van der Waals surface area contributed by atoms with Crippen molar-refractivity contribution in [3.05, 3.63) is 24.3 Å². The number of rotatable bonds is 7. The minimum atomic E-state index is -1.36. The molecule has 8 heteroatoms. The van der Waals surface area contributed by atoms with Gasteiger partial charge in [-0.25, -0.2) is 4.79 Å². The van der Waals surface area contributed by atoms with Crippen molar-refractivity contribution in [3.63, 3.8) is 0 Å². The average molecular weight is 342 g/mol. The molecular formula is C16H22O8. The zero-order chi connectivity index (χ0) is 18.3. The van der Waals surface area contributed by atoms with Crippen molar-refractivity contribution in [2.24, 2.45) is 0 Å². The third-order valence-corrected chi connectivity index (χ3v) is 3.24. The zero-order valence-electron chi connectivity index (χ0n) is 13.7. The van der Waals surface area contributed by atoms with Gasteiger partial charge in [0.1, 0.15) is 24.4 Å². The zero-order valence-corrected chi connectivity index (χ0v) is 13.7. The van der Waals surface area contributed by atoms with Crippen molar-refractivity contribution < 1.29 is 38.8 Å². The van der Waals surface area contributed by atoms with Crippen LogP contribution >= 0.6 is 0 Å². The van der Waals surface area contributed by atoms with E-state index in [1.165, 1.54) is 39.0 Å². The molecule has 0 saturated heterocycles. The molecule has 1 heterocycles. The molecule has 0 aromatic carbocycles. The normalized spacial score (nSPS) is 22.4. The lowest BCUT2D eigenvalue weighted by atomic mass is 10.0. The number of aliphatic hydroxyl groups excluding tert-OH is 2. The summed E-state index contributed by atoms with van der Waals surface area (Å²) < 4.78 is 14.9. The van der Waals surface area contributed by atoms with Crippen molar-refractivity contribution in [1.82, 2.24) is 0 Å². The summed E-state index contributed by atoms with van der Waals surface area (Å²) >= 11 is 0. The van der Waals surface area contributed by atoms with Crippen LogP contribution in [0.1, 0.15) is 27.2 Å². The first-order valence-electron chi connectivity index (χ1n) is 7.46. The van der Waals surface area contributed by atoms with Crippen LogP contribution in [0.3, 0.4) is 0 Å². The average Bonchev–Trinajstić information content (AvgIpc) is 2.49. The number of hydrogen-bond acceptors (Lipinski definition) is 8. The highest BCUT2D eigenvalue weighted by atomic mass is 16.6. The molecule has 0 unspecified atom stereocenters. The van der Waals surface area contributed by atoms with Crippen LogP contribution < -0.4 is 0 Å². The molecule has 0 amide bonds. The van der Waals surface area contributed by atoms with Crippen LogP contribution in [0.15, 0.2) is 24.3 Å². The summed E-state index contributed by atoms with van der Waals surface area (Å²) in [5.74, 6) is -1.73. The summed E-state index contributed by atoms with van der Waals surface area (Å²) in [6, 6.07) is 0. The minimum absolute atomic E-state index is 0.273. The standard InChI is InChI=1S/C16H22O8/c1-9(22-10(2)17)13(23-11(3)18)8-7-12(19)16(21)14-5-4-6-15(20)24-14/h4,6-9,12-14,16,19,21H,5H2,1-3H3/b8-7+/t9-,12-,13+,14+,16-/m1/s1. The molecule has 8 nitrogen and oxygen atoms in total. The van der Waals surface area contributed by atoms with Crippen molar-refractivity contribution in [2.45, 2.75) is 57.7 Å². The van der Waals surface area contributed by atoms with Crippen LogP contribution in [0.25, 0.3) is 0 Å². The molecule has 1 aliphatic heterocycles. The molecule has 24 heavy (non-hydrogen) atoms. The minimum Gasteiger partial charge on any atom is -0.459 e. The Kier molecular flexibility index (Phi) is 7.60. The first-order chi connectivity index (χ1) is 11.2. The lowest BCUT2D eigenvalue weighted by molar-refractivity contribution is -0.160. The predicted octanol–water partition coefficient (Wildman–Crippen LogP) is 0.0194. The van der Waals surface area contributed by atoms with Crippen molar-refractivity contribution in [2.75, 3.05) is 0 Å². The Bertz CT molecular complexity index is 524. The number of ether oxygens (including phenoxy) is 3. The van der Waals surface area contributed by atoms with Crippen LogP contribution in [-0.2, 0) is 28.6 Å². The smallest absolute Gasteiger partial charge is 0.330 e. The second-order valence-electron chi connectivity index (χ2n) is 5.37. The lowest BCUT2D eigenvalue weighted by Crippen LogP contribution is -2.40. The summed E-state index contributed by atoms with van der Waals surface area (Å²) in [5, 5.41) is 20.0. The van der Waals surface area contributed by atoms with Gasteiger partial charge >= 0.3 is 17.9 Å². The van der Waals surface area contributed by atoms with E-state index in [-0.39, 0.29) is 6.42 Å². The van der Waals surface area contributed by atoms with Gasteiger partial charge in [0.2, 0.25) is 0 Å². The summed E-state index contributed by atoms with van der Waals surface area (Å²) in [7, 11) is 0. The number of carbonyl (C=O) groups is 3. The Labute approximate surface area is 139 Å². The number of esters is 3.